The lowest BCUT2D eigenvalue weighted by atomic mass is 10.1. The van der Waals surface area contributed by atoms with E-state index in [9.17, 15) is 9.50 Å². The van der Waals surface area contributed by atoms with E-state index in [4.69, 9.17) is 9.26 Å². The fourth-order valence-electron chi connectivity index (χ4n) is 4.70. The van der Waals surface area contributed by atoms with Gasteiger partial charge in [0.2, 0.25) is 5.82 Å². The maximum absolute atomic E-state index is 14.8. The van der Waals surface area contributed by atoms with E-state index >= 15 is 0 Å². The molecule has 1 aromatic carbocycles. The molecular weight excluding hydrogens is 489 g/mol. The van der Waals surface area contributed by atoms with Crippen molar-refractivity contribution >= 4 is 0 Å². The average molecular weight is 516 g/mol. The fraction of sp³-hybridized carbons (Fsp3) is 0.296. The van der Waals surface area contributed by atoms with Gasteiger partial charge in [-0.3, -0.25) is 9.88 Å². The van der Waals surface area contributed by atoms with Crippen LogP contribution < -0.4 is 0 Å². The van der Waals surface area contributed by atoms with E-state index in [0.29, 0.717) is 30.4 Å². The maximum Gasteiger partial charge on any atom is 0.281 e. The molecular formula is C27H26FN7O3. The number of pyridine rings is 1. The van der Waals surface area contributed by atoms with Crippen molar-refractivity contribution in [2.45, 2.75) is 24.9 Å². The van der Waals surface area contributed by atoms with Crippen LogP contribution in [0.5, 0.6) is 0 Å². The molecule has 0 spiro atoms. The van der Waals surface area contributed by atoms with Gasteiger partial charge in [-0.25, -0.2) is 9.07 Å². The molecule has 0 saturated carbocycles. The molecule has 1 N–H and O–H groups in total. The maximum atomic E-state index is 14.8. The number of halogens is 1. The van der Waals surface area contributed by atoms with E-state index < -0.39 is 12.2 Å². The molecule has 3 aromatic heterocycles. The van der Waals surface area contributed by atoms with Crippen molar-refractivity contribution in [1.29, 1.82) is 0 Å². The van der Waals surface area contributed by atoms with Gasteiger partial charge in [0.1, 0.15) is 17.9 Å². The third kappa shape index (κ3) is 4.91. The zero-order chi connectivity index (χ0) is 25.9. The number of alkyl halides is 1. The Morgan fingerprint density at radius 2 is 1.84 bits per heavy atom. The molecule has 11 heteroatoms. The lowest BCUT2D eigenvalue weighted by Crippen LogP contribution is -2.43. The van der Waals surface area contributed by atoms with Crippen LogP contribution >= 0.6 is 0 Å². The van der Waals surface area contributed by atoms with Crippen molar-refractivity contribution in [2.24, 2.45) is 0 Å². The number of benzene rings is 1. The van der Waals surface area contributed by atoms with E-state index in [2.05, 4.69) is 30.3 Å². The Balaban J connectivity index is 1.26. The van der Waals surface area contributed by atoms with Crippen LogP contribution in [0.25, 0.3) is 34.2 Å². The molecule has 1 fully saturated rings. The van der Waals surface area contributed by atoms with Crippen LogP contribution in [0.3, 0.4) is 0 Å². The molecule has 3 atom stereocenters. The lowest BCUT2D eigenvalue weighted by molar-refractivity contribution is -0.0551. The van der Waals surface area contributed by atoms with Crippen molar-refractivity contribution in [2.75, 3.05) is 26.3 Å². The van der Waals surface area contributed by atoms with E-state index in [1.54, 1.807) is 35.3 Å². The summed E-state index contributed by atoms with van der Waals surface area (Å²) in [6.07, 6.45) is 8.61. The number of hydrogen-bond donors (Lipinski definition) is 1. The minimum absolute atomic E-state index is 0.0228. The average Bonchev–Trinajstić information content (AvgIpc) is 3.62. The van der Waals surface area contributed by atoms with Gasteiger partial charge in [-0.15, -0.1) is 5.10 Å². The summed E-state index contributed by atoms with van der Waals surface area (Å²) in [5, 5.41) is 22.1. The standard InChI is InChI=1S/C27H26FN7O3/c28-22-3-1-2-4-23(22)35-25(19-9-11-29-12-10-19)24(31-33-35)27-30-26(32-38-27)20-7-5-18(6-8-20)15-34-13-14-37-21(16-34)17-36/h1-12,21-23,36H,13-17H2. The van der Waals surface area contributed by atoms with E-state index in [0.717, 1.165) is 29.8 Å². The first-order valence-electron chi connectivity index (χ1n) is 12.4. The third-order valence-electron chi connectivity index (χ3n) is 6.64. The Labute approximate surface area is 218 Å². The Morgan fingerprint density at radius 3 is 2.63 bits per heavy atom. The largest absolute Gasteiger partial charge is 0.394 e. The molecule has 1 saturated heterocycles. The summed E-state index contributed by atoms with van der Waals surface area (Å²) < 4.78 is 27.5. The van der Waals surface area contributed by atoms with Gasteiger partial charge < -0.3 is 14.4 Å². The second-order valence-corrected chi connectivity index (χ2v) is 9.20. The number of nitrogens with zero attached hydrogens (tertiary/aromatic N) is 7. The van der Waals surface area contributed by atoms with Gasteiger partial charge in [0.05, 0.1) is 19.3 Å². The number of hydrogen-bond acceptors (Lipinski definition) is 9. The second-order valence-electron chi connectivity index (χ2n) is 9.20. The van der Waals surface area contributed by atoms with Crippen molar-refractivity contribution in [3.8, 4) is 34.2 Å². The Kier molecular flexibility index (Phi) is 6.86. The summed E-state index contributed by atoms with van der Waals surface area (Å²) in [5.41, 5.74) is 3.62. The Hall–Kier alpha value is -4.06. The van der Waals surface area contributed by atoms with Crippen LogP contribution in [-0.4, -0.2) is 78.7 Å². The number of morpholine rings is 1. The molecule has 6 rings (SSSR count). The van der Waals surface area contributed by atoms with Gasteiger partial charge in [0.25, 0.3) is 5.89 Å². The van der Waals surface area contributed by atoms with Gasteiger partial charge in [0, 0.05) is 43.2 Å². The predicted molar refractivity (Wildman–Crippen MR) is 136 cm³/mol. The molecule has 4 heterocycles. The number of aliphatic hydroxyl groups excluding tert-OH is 1. The molecule has 0 amide bonds. The smallest absolute Gasteiger partial charge is 0.281 e. The second kappa shape index (κ2) is 10.7. The normalized spacial score (nSPS) is 21.7. The zero-order valence-electron chi connectivity index (χ0n) is 20.5. The Bertz CT molecular complexity index is 1430. The predicted octanol–water partition coefficient (Wildman–Crippen LogP) is 3.26. The molecule has 4 aromatic rings. The first kappa shape index (κ1) is 24.3. The molecule has 10 nitrogen and oxygen atoms in total. The van der Waals surface area contributed by atoms with E-state index in [-0.39, 0.29) is 18.6 Å². The van der Waals surface area contributed by atoms with E-state index in [1.807, 2.05) is 36.4 Å². The minimum Gasteiger partial charge on any atom is -0.394 e. The van der Waals surface area contributed by atoms with Crippen LogP contribution in [0, 0.1) is 0 Å². The number of rotatable bonds is 7. The summed E-state index contributed by atoms with van der Waals surface area (Å²) in [4.78, 5) is 10.9. The SMILES string of the molecule is OCC1CN(Cc2ccc(-c3noc(-c4nnn(C5C=CC=CC5F)c4-c4ccncc4)n3)cc2)CCO1. The summed E-state index contributed by atoms with van der Waals surface area (Å²) >= 11 is 0. The number of ether oxygens (including phenoxy) is 1. The molecule has 1 aliphatic heterocycles. The highest BCUT2D eigenvalue weighted by Gasteiger charge is 2.29. The van der Waals surface area contributed by atoms with Crippen LogP contribution in [0.4, 0.5) is 4.39 Å². The van der Waals surface area contributed by atoms with Crippen molar-refractivity contribution in [1.82, 2.24) is 35.0 Å². The van der Waals surface area contributed by atoms with Gasteiger partial charge in [-0.1, -0.05) is 52.9 Å². The quantitative estimate of drug-likeness (QED) is 0.396. The lowest BCUT2D eigenvalue weighted by Gasteiger charge is -2.31. The summed E-state index contributed by atoms with van der Waals surface area (Å²) in [5.74, 6) is 0.605. The van der Waals surface area contributed by atoms with E-state index in [1.165, 1.54) is 6.08 Å². The summed E-state index contributed by atoms with van der Waals surface area (Å²) in [6.45, 7) is 2.91. The minimum atomic E-state index is -1.25. The Morgan fingerprint density at radius 1 is 1.03 bits per heavy atom. The summed E-state index contributed by atoms with van der Waals surface area (Å²) in [6, 6.07) is 10.9. The first-order valence-corrected chi connectivity index (χ1v) is 12.4. The van der Waals surface area contributed by atoms with Gasteiger partial charge in [-0.2, -0.15) is 4.98 Å². The zero-order valence-corrected chi connectivity index (χ0v) is 20.5. The number of aromatic nitrogens is 6. The van der Waals surface area contributed by atoms with Gasteiger partial charge in [-0.05, 0) is 23.8 Å². The van der Waals surface area contributed by atoms with Crippen molar-refractivity contribution in [3.63, 3.8) is 0 Å². The summed E-state index contributed by atoms with van der Waals surface area (Å²) in [7, 11) is 0. The molecule has 0 bridgehead atoms. The van der Waals surface area contributed by atoms with Crippen LogP contribution in [0.15, 0.2) is 77.6 Å². The molecule has 1 aliphatic carbocycles. The third-order valence-corrected chi connectivity index (χ3v) is 6.64. The van der Waals surface area contributed by atoms with Crippen molar-refractivity contribution < 1.29 is 18.8 Å². The highest BCUT2D eigenvalue weighted by molar-refractivity contribution is 5.74. The van der Waals surface area contributed by atoms with Crippen LogP contribution in [0.2, 0.25) is 0 Å². The fourth-order valence-corrected chi connectivity index (χ4v) is 4.70. The van der Waals surface area contributed by atoms with Crippen molar-refractivity contribution in [3.05, 3.63) is 78.7 Å². The van der Waals surface area contributed by atoms with Crippen LogP contribution in [-0.2, 0) is 11.3 Å². The molecule has 38 heavy (non-hydrogen) atoms. The highest BCUT2D eigenvalue weighted by atomic mass is 19.1. The molecule has 3 unspecified atom stereocenters. The molecule has 2 aliphatic rings. The monoisotopic (exact) mass is 515 g/mol. The van der Waals surface area contributed by atoms with Gasteiger partial charge in [0.15, 0.2) is 5.69 Å². The molecule has 194 valence electrons. The molecule has 0 radical (unpaired) electrons. The van der Waals surface area contributed by atoms with Gasteiger partial charge >= 0.3 is 0 Å². The number of aliphatic hydroxyl groups is 1. The number of allylic oxidation sites excluding steroid dienone is 4. The van der Waals surface area contributed by atoms with Crippen LogP contribution in [0.1, 0.15) is 11.6 Å². The highest BCUT2D eigenvalue weighted by Crippen LogP contribution is 2.34. The first-order chi connectivity index (χ1) is 18.7. The topological polar surface area (TPSA) is 115 Å².